The number of carbonyl (C=O) groups is 1. The maximum Gasteiger partial charge on any atom is 0.313 e. The summed E-state index contributed by atoms with van der Waals surface area (Å²) < 4.78 is 4.89. The summed E-state index contributed by atoms with van der Waals surface area (Å²) in [4.78, 5) is 11.2. The number of aliphatic hydroxyl groups is 2. The zero-order valence-corrected chi connectivity index (χ0v) is 8.25. The van der Waals surface area contributed by atoms with Crippen LogP contribution in [0.1, 0.15) is 26.7 Å². The van der Waals surface area contributed by atoms with E-state index in [1.807, 2.05) is 0 Å². The van der Waals surface area contributed by atoms with Gasteiger partial charge in [0.15, 0.2) is 0 Å². The fourth-order valence-electron chi connectivity index (χ4n) is 0.639. The van der Waals surface area contributed by atoms with Crippen LogP contribution in [0.4, 0.5) is 0 Å². The van der Waals surface area contributed by atoms with Gasteiger partial charge in [-0.15, -0.1) is 0 Å². The molecule has 0 spiro atoms. The van der Waals surface area contributed by atoms with Crippen molar-refractivity contribution in [1.29, 1.82) is 0 Å². The summed E-state index contributed by atoms with van der Waals surface area (Å²) in [6.45, 7) is 3.46. The van der Waals surface area contributed by atoms with Crippen molar-refractivity contribution in [2.75, 3.05) is 19.8 Å². The highest BCUT2D eigenvalue weighted by Gasteiger charge is 2.28. The lowest BCUT2D eigenvalue weighted by molar-refractivity contribution is -0.156. The molecule has 0 aromatic rings. The number of carbonyl (C=O) groups excluding carboxylic acids is 1. The van der Waals surface area contributed by atoms with Crippen molar-refractivity contribution < 1.29 is 19.7 Å². The molecule has 0 aromatic heterocycles. The summed E-state index contributed by atoms with van der Waals surface area (Å²) in [5.74, 6) is -0.395. The second-order valence-electron chi connectivity index (χ2n) is 3.61. The minimum atomic E-state index is -0.820. The van der Waals surface area contributed by atoms with Gasteiger partial charge < -0.3 is 14.9 Å². The van der Waals surface area contributed by atoms with Gasteiger partial charge in [-0.25, -0.2) is 0 Å². The van der Waals surface area contributed by atoms with Crippen LogP contribution < -0.4 is 0 Å². The molecule has 0 saturated carbocycles. The molecule has 0 amide bonds. The van der Waals surface area contributed by atoms with Gasteiger partial charge in [-0.05, 0) is 26.7 Å². The number of hydrogen-bond donors (Lipinski definition) is 2. The SMILES string of the molecule is CC(C)(CO)C(=O)OCCCCO. The van der Waals surface area contributed by atoms with Gasteiger partial charge in [0.05, 0.1) is 18.6 Å². The molecule has 0 unspecified atom stereocenters. The fourth-order valence-corrected chi connectivity index (χ4v) is 0.639. The Labute approximate surface area is 78.5 Å². The average molecular weight is 190 g/mol. The van der Waals surface area contributed by atoms with Crippen LogP contribution in [-0.2, 0) is 9.53 Å². The van der Waals surface area contributed by atoms with E-state index in [0.29, 0.717) is 19.4 Å². The van der Waals surface area contributed by atoms with Crippen molar-refractivity contribution >= 4 is 5.97 Å². The van der Waals surface area contributed by atoms with Gasteiger partial charge in [0.1, 0.15) is 0 Å². The fraction of sp³-hybridized carbons (Fsp3) is 0.889. The normalized spacial score (nSPS) is 11.4. The van der Waals surface area contributed by atoms with Gasteiger partial charge in [-0.3, -0.25) is 4.79 Å². The van der Waals surface area contributed by atoms with Gasteiger partial charge in [0.2, 0.25) is 0 Å². The Hall–Kier alpha value is -0.610. The van der Waals surface area contributed by atoms with Crippen LogP contribution in [0.15, 0.2) is 0 Å². The van der Waals surface area contributed by atoms with Gasteiger partial charge in [0.25, 0.3) is 0 Å². The maximum absolute atomic E-state index is 11.2. The van der Waals surface area contributed by atoms with E-state index >= 15 is 0 Å². The Balaban J connectivity index is 3.62. The minimum absolute atomic E-state index is 0.112. The Kier molecular flexibility index (Phi) is 5.66. The van der Waals surface area contributed by atoms with Crippen molar-refractivity contribution in [1.82, 2.24) is 0 Å². The van der Waals surface area contributed by atoms with E-state index in [-0.39, 0.29) is 13.2 Å². The number of ether oxygens (including phenoxy) is 1. The van der Waals surface area contributed by atoms with E-state index in [2.05, 4.69) is 0 Å². The molecular formula is C9H18O4. The van der Waals surface area contributed by atoms with E-state index in [9.17, 15) is 4.79 Å². The molecule has 4 heteroatoms. The first-order valence-electron chi connectivity index (χ1n) is 4.43. The van der Waals surface area contributed by atoms with Crippen molar-refractivity contribution in [3.05, 3.63) is 0 Å². The minimum Gasteiger partial charge on any atom is -0.465 e. The van der Waals surface area contributed by atoms with Gasteiger partial charge in [0, 0.05) is 6.61 Å². The first kappa shape index (κ1) is 12.4. The smallest absolute Gasteiger partial charge is 0.313 e. The molecule has 0 atom stereocenters. The molecular weight excluding hydrogens is 172 g/mol. The number of aliphatic hydroxyl groups excluding tert-OH is 2. The average Bonchev–Trinajstić information content (AvgIpc) is 2.12. The Morgan fingerprint density at radius 3 is 2.38 bits per heavy atom. The molecule has 0 radical (unpaired) electrons. The summed E-state index contributed by atoms with van der Waals surface area (Å²) in [7, 11) is 0. The second kappa shape index (κ2) is 5.94. The maximum atomic E-state index is 11.2. The van der Waals surface area contributed by atoms with E-state index in [1.54, 1.807) is 13.8 Å². The highest BCUT2D eigenvalue weighted by atomic mass is 16.5. The topological polar surface area (TPSA) is 66.8 Å². The molecule has 2 N–H and O–H groups in total. The van der Waals surface area contributed by atoms with Crippen molar-refractivity contribution in [3.8, 4) is 0 Å². The van der Waals surface area contributed by atoms with E-state index in [1.165, 1.54) is 0 Å². The zero-order valence-electron chi connectivity index (χ0n) is 8.25. The van der Waals surface area contributed by atoms with Gasteiger partial charge in [-0.1, -0.05) is 0 Å². The third-order valence-electron chi connectivity index (χ3n) is 1.73. The summed E-state index contributed by atoms with van der Waals surface area (Å²) >= 11 is 0. The third kappa shape index (κ3) is 4.85. The molecule has 0 aliphatic carbocycles. The lowest BCUT2D eigenvalue weighted by Crippen LogP contribution is -2.30. The standard InChI is InChI=1S/C9H18O4/c1-9(2,7-11)8(12)13-6-4-3-5-10/h10-11H,3-7H2,1-2H3. The molecule has 13 heavy (non-hydrogen) atoms. The molecule has 78 valence electrons. The molecule has 0 heterocycles. The second-order valence-corrected chi connectivity index (χ2v) is 3.61. The van der Waals surface area contributed by atoms with Crippen LogP contribution in [0.5, 0.6) is 0 Å². The third-order valence-corrected chi connectivity index (χ3v) is 1.73. The Bertz CT molecular complexity index is 154. The molecule has 0 saturated heterocycles. The van der Waals surface area contributed by atoms with Crippen LogP contribution in [0.25, 0.3) is 0 Å². The van der Waals surface area contributed by atoms with Crippen LogP contribution >= 0.6 is 0 Å². The molecule has 4 nitrogen and oxygen atoms in total. The number of rotatable bonds is 6. The molecule has 0 rings (SSSR count). The van der Waals surface area contributed by atoms with Crippen LogP contribution in [0, 0.1) is 5.41 Å². The molecule has 0 aliphatic heterocycles. The monoisotopic (exact) mass is 190 g/mol. The van der Waals surface area contributed by atoms with E-state index < -0.39 is 11.4 Å². The summed E-state index contributed by atoms with van der Waals surface area (Å²) in [6.07, 6.45) is 1.29. The summed E-state index contributed by atoms with van der Waals surface area (Å²) in [6, 6.07) is 0. The molecule has 0 aliphatic rings. The van der Waals surface area contributed by atoms with Crippen LogP contribution in [0.2, 0.25) is 0 Å². The predicted octanol–water partition coefficient (Wildman–Crippen LogP) is 0.321. The Morgan fingerprint density at radius 1 is 1.31 bits per heavy atom. The first-order valence-corrected chi connectivity index (χ1v) is 4.43. The van der Waals surface area contributed by atoms with Crippen molar-refractivity contribution in [3.63, 3.8) is 0 Å². The highest BCUT2D eigenvalue weighted by Crippen LogP contribution is 2.15. The van der Waals surface area contributed by atoms with Crippen LogP contribution in [0.3, 0.4) is 0 Å². The molecule has 0 aromatic carbocycles. The van der Waals surface area contributed by atoms with Crippen molar-refractivity contribution in [2.45, 2.75) is 26.7 Å². The zero-order chi connectivity index (χ0) is 10.3. The first-order chi connectivity index (χ1) is 6.04. The largest absolute Gasteiger partial charge is 0.465 e. The lowest BCUT2D eigenvalue weighted by Gasteiger charge is -2.19. The quantitative estimate of drug-likeness (QED) is 0.467. The highest BCUT2D eigenvalue weighted by molar-refractivity contribution is 5.75. The molecule has 0 bridgehead atoms. The van der Waals surface area contributed by atoms with Crippen molar-refractivity contribution in [2.24, 2.45) is 5.41 Å². The van der Waals surface area contributed by atoms with Crippen LogP contribution in [-0.4, -0.2) is 36.0 Å². The number of unbranched alkanes of at least 4 members (excludes halogenated alkanes) is 1. The Morgan fingerprint density at radius 2 is 1.92 bits per heavy atom. The van der Waals surface area contributed by atoms with Gasteiger partial charge >= 0.3 is 5.97 Å². The lowest BCUT2D eigenvalue weighted by atomic mass is 9.95. The summed E-state index contributed by atoms with van der Waals surface area (Å²) in [5.41, 5.74) is -0.820. The van der Waals surface area contributed by atoms with Gasteiger partial charge in [-0.2, -0.15) is 0 Å². The van der Waals surface area contributed by atoms with E-state index in [0.717, 1.165) is 0 Å². The predicted molar refractivity (Wildman–Crippen MR) is 48.1 cm³/mol. The van der Waals surface area contributed by atoms with E-state index in [4.69, 9.17) is 14.9 Å². The number of esters is 1. The number of hydrogen-bond acceptors (Lipinski definition) is 4. The molecule has 0 fully saturated rings. The summed E-state index contributed by atoms with van der Waals surface area (Å²) in [5, 5.41) is 17.3.